The number of aromatic nitrogens is 2. The van der Waals surface area contributed by atoms with E-state index in [1.807, 2.05) is 37.3 Å². The monoisotopic (exact) mass is 318 g/mol. The highest BCUT2D eigenvalue weighted by atomic mass is 15.1. The Balaban J connectivity index is 1.57. The number of nitrogens with zero attached hydrogens (tertiary/aromatic N) is 2. The zero-order chi connectivity index (χ0) is 16.6. The smallest absolute Gasteiger partial charge is 0.224 e. The van der Waals surface area contributed by atoms with Gasteiger partial charge < -0.3 is 10.6 Å². The average molecular weight is 318 g/mol. The van der Waals surface area contributed by atoms with Crippen LogP contribution in [0.5, 0.6) is 0 Å². The van der Waals surface area contributed by atoms with Gasteiger partial charge in [-0.2, -0.15) is 4.98 Å². The first-order valence-electron chi connectivity index (χ1n) is 8.21. The molecule has 0 saturated carbocycles. The number of benzene rings is 2. The van der Waals surface area contributed by atoms with E-state index in [1.165, 1.54) is 11.1 Å². The summed E-state index contributed by atoms with van der Waals surface area (Å²) in [6.45, 7) is 3.55. The van der Waals surface area contributed by atoms with E-state index in [1.54, 1.807) is 0 Å². The lowest BCUT2D eigenvalue weighted by Gasteiger charge is -2.10. The lowest BCUT2D eigenvalue weighted by atomic mass is 10.1. The predicted octanol–water partition coefficient (Wildman–Crippen LogP) is 4.05. The first-order chi connectivity index (χ1) is 11.8. The SMILES string of the molecule is Cc1cc(NCc2ccccc2)nc(NCCc2ccccc2)n1. The van der Waals surface area contributed by atoms with Gasteiger partial charge in [0.25, 0.3) is 0 Å². The molecular weight excluding hydrogens is 296 g/mol. The van der Waals surface area contributed by atoms with Crippen molar-refractivity contribution in [1.82, 2.24) is 9.97 Å². The highest BCUT2D eigenvalue weighted by Gasteiger charge is 2.02. The molecule has 0 unspecified atom stereocenters. The van der Waals surface area contributed by atoms with Crippen LogP contribution in [0.25, 0.3) is 0 Å². The molecule has 1 heterocycles. The van der Waals surface area contributed by atoms with Gasteiger partial charge in [-0.1, -0.05) is 60.7 Å². The molecule has 122 valence electrons. The van der Waals surface area contributed by atoms with Gasteiger partial charge in [-0.05, 0) is 24.5 Å². The number of rotatable bonds is 7. The number of hydrogen-bond donors (Lipinski definition) is 2. The van der Waals surface area contributed by atoms with Crippen molar-refractivity contribution in [2.75, 3.05) is 17.2 Å². The van der Waals surface area contributed by atoms with Gasteiger partial charge in [-0.25, -0.2) is 4.98 Å². The molecule has 4 heteroatoms. The third-order valence-electron chi connectivity index (χ3n) is 3.71. The standard InChI is InChI=1S/C20H22N4/c1-16-14-19(22-15-18-10-6-3-7-11-18)24-20(23-16)21-13-12-17-8-4-2-5-9-17/h2-11,14H,12-13,15H2,1H3,(H2,21,22,23,24). The fourth-order valence-electron chi connectivity index (χ4n) is 2.49. The van der Waals surface area contributed by atoms with Crippen LogP contribution >= 0.6 is 0 Å². The number of nitrogens with one attached hydrogen (secondary N) is 2. The third kappa shape index (κ3) is 4.81. The summed E-state index contributed by atoms with van der Waals surface area (Å²) in [5, 5.41) is 6.67. The van der Waals surface area contributed by atoms with Crippen molar-refractivity contribution in [3.05, 3.63) is 83.6 Å². The molecule has 0 atom stereocenters. The van der Waals surface area contributed by atoms with Crippen molar-refractivity contribution in [3.8, 4) is 0 Å². The molecule has 1 aromatic heterocycles. The molecule has 0 aliphatic carbocycles. The Morgan fingerprint density at radius 1 is 0.792 bits per heavy atom. The van der Waals surface area contributed by atoms with Gasteiger partial charge in [-0.15, -0.1) is 0 Å². The lowest BCUT2D eigenvalue weighted by Crippen LogP contribution is -2.10. The van der Waals surface area contributed by atoms with Crippen LogP contribution in [0, 0.1) is 6.92 Å². The Hall–Kier alpha value is -2.88. The van der Waals surface area contributed by atoms with Gasteiger partial charge in [-0.3, -0.25) is 0 Å². The van der Waals surface area contributed by atoms with E-state index in [0.29, 0.717) is 5.95 Å². The molecule has 0 fully saturated rings. The minimum absolute atomic E-state index is 0.668. The predicted molar refractivity (Wildman–Crippen MR) is 99.2 cm³/mol. The van der Waals surface area contributed by atoms with Crippen molar-refractivity contribution in [1.29, 1.82) is 0 Å². The first kappa shape index (κ1) is 16.0. The molecule has 0 saturated heterocycles. The zero-order valence-corrected chi connectivity index (χ0v) is 13.9. The van der Waals surface area contributed by atoms with Crippen LogP contribution in [-0.2, 0) is 13.0 Å². The molecular formula is C20H22N4. The van der Waals surface area contributed by atoms with E-state index in [4.69, 9.17) is 0 Å². The normalized spacial score (nSPS) is 10.4. The fourth-order valence-corrected chi connectivity index (χ4v) is 2.49. The van der Waals surface area contributed by atoms with Gasteiger partial charge in [0.2, 0.25) is 5.95 Å². The van der Waals surface area contributed by atoms with E-state index >= 15 is 0 Å². The van der Waals surface area contributed by atoms with Gasteiger partial charge >= 0.3 is 0 Å². The molecule has 24 heavy (non-hydrogen) atoms. The van der Waals surface area contributed by atoms with Crippen LogP contribution in [-0.4, -0.2) is 16.5 Å². The number of hydrogen-bond acceptors (Lipinski definition) is 4. The topological polar surface area (TPSA) is 49.8 Å². The third-order valence-corrected chi connectivity index (χ3v) is 3.71. The second kappa shape index (κ2) is 8.11. The minimum atomic E-state index is 0.668. The highest BCUT2D eigenvalue weighted by molar-refractivity contribution is 5.42. The fraction of sp³-hybridized carbons (Fsp3) is 0.200. The van der Waals surface area contributed by atoms with Gasteiger partial charge in [0.1, 0.15) is 5.82 Å². The molecule has 0 spiro atoms. The second-order valence-electron chi connectivity index (χ2n) is 5.72. The van der Waals surface area contributed by atoms with Crippen LogP contribution in [0.4, 0.5) is 11.8 Å². The summed E-state index contributed by atoms with van der Waals surface area (Å²) in [6, 6.07) is 22.7. The molecule has 2 N–H and O–H groups in total. The molecule has 3 aromatic rings. The largest absolute Gasteiger partial charge is 0.366 e. The molecule has 0 radical (unpaired) electrons. The Bertz CT molecular complexity index is 757. The van der Waals surface area contributed by atoms with Crippen LogP contribution in [0.2, 0.25) is 0 Å². The molecule has 0 aliphatic heterocycles. The van der Waals surface area contributed by atoms with Crippen LogP contribution < -0.4 is 10.6 Å². The summed E-state index contributed by atoms with van der Waals surface area (Å²) in [7, 11) is 0. The van der Waals surface area contributed by atoms with E-state index in [0.717, 1.165) is 31.0 Å². The zero-order valence-electron chi connectivity index (χ0n) is 13.9. The Labute approximate surface area is 143 Å². The molecule has 3 rings (SSSR count). The summed E-state index contributed by atoms with van der Waals surface area (Å²) in [6.07, 6.45) is 0.949. The van der Waals surface area contributed by atoms with Crippen molar-refractivity contribution >= 4 is 11.8 Å². The quantitative estimate of drug-likeness (QED) is 0.690. The second-order valence-corrected chi connectivity index (χ2v) is 5.72. The Morgan fingerprint density at radius 3 is 2.17 bits per heavy atom. The summed E-state index contributed by atoms with van der Waals surface area (Å²) in [5.41, 5.74) is 3.48. The van der Waals surface area contributed by atoms with E-state index in [2.05, 4.69) is 57.0 Å². The van der Waals surface area contributed by atoms with Gasteiger partial charge in [0.15, 0.2) is 0 Å². The summed E-state index contributed by atoms with van der Waals surface area (Å²) in [5.74, 6) is 1.51. The summed E-state index contributed by atoms with van der Waals surface area (Å²) in [4.78, 5) is 9.00. The Morgan fingerprint density at radius 2 is 1.46 bits per heavy atom. The molecule has 0 bridgehead atoms. The maximum atomic E-state index is 4.55. The van der Waals surface area contributed by atoms with E-state index in [9.17, 15) is 0 Å². The average Bonchev–Trinajstić information content (AvgIpc) is 2.61. The molecule has 4 nitrogen and oxygen atoms in total. The van der Waals surface area contributed by atoms with Gasteiger partial charge in [0.05, 0.1) is 0 Å². The summed E-state index contributed by atoms with van der Waals surface area (Å²) < 4.78 is 0. The number of anilines is 2. The number of aryl methyl sites for hydroxylation is 1. The van der Waals surface area contributed by atoms with Crippen molar-refractivity contribution in [2.24, 2.45) is 0 Å². The van der Waals surface area contributed by atoms with Crippen molar-refractivity contribution in [2.45, 2.75) is 19.9 Å². The maximum Gasteiger partial charge on any atom is 0.224 e. The van der Waals surface area contributed by atoms with Gasteiger partial charge in [0, 0.05) is 24.8 Å². The maximum absolute atomic E-state index is 4.55. The van der Waals surface area contributed by atoms with E-state index < -0.39 is 0 Å². The van der Waals surface area contributed by atoms with Crippen molar-refractivity contribution < 1.29 is 0 Å². The van der Waals surface area contributed by atoms with Crippen LogP contribution in [0.15, 0.2) is 66.7 Å². The highest BCUT2D eigenvalue weighted by Crippen LogP contribution is 2.11. The summed E-state index contributed by atoms with van der Waals surface area (Å²) >= 11 is 0. The minimum Gasteiger partial charge on any atom is -0.366 e. The lowest BCUT2D eigenvalue weighted by molar-refractivity contribution is 0.970. The molecule has 2 aromatic carbocycles. The van der Waals surface area contributed by atoms with Crippen LogP contribution in [0.3, 0.4) is 0 Å². The molecule has 0 aliphatic rings. The van der Waals surface area contributed by atoms with Crippen molar-refractivity contribution in [3.63, 3.8) is 0 Å². The first-order valence-corrected chi connectivity index (χ1v) is 8.21. The molecule has 0 amide bonds. The van der Waals surface area contributed by atoms with E-state index in [-0.39, 0.29) is 0 Å². The Kier molecular flexibility index (Phi) is 5.40. The van der Waals surface area contributed by atoms with Crippen LogP contribution in [0.1, 0.15) is 16.8 Å².